The summed E-state index contributed by atoms with van der Waals surface area (Å²) in [6.07, 6.45) is 4.90. The molecule has 0 spiro atoms. The Morgan fingerprint density at radius 3 is 2.24 bits per heavy atom. The minimum atomic E-state index is -3.46. The molecule has 0 saturated carbocycles. The van der Waals surface area contributed by atoms with Gasteiger partial charge >= 0.3 is 0 Å². The highest BCUT2D eigenvalue weighted by atomic mass is 32.2. The highest BCUT2D eigenvalue weighted by Gasteiger charge is 2.25. The number of benzene rings is 1. The van der Waals surface area contributed by atoms with Gasteiger partial charge in [-0.15, -0.1) is 0 Å². The molecular weight excluding hydrogens is 338 g/mol. The lowest BCUT2D eigenvalue weighted by atomic mass is 10.2. The number of nitrogens with one attached hydrogen (secondary N) is 2. The summed E-state index contributed by atoms with van der Waals surface area (Å²) < 4.78 is 27.0. The van der Waals surface area contributed by atoms with E-state index in [1.165, 1.54) is 4.90 Å². The van der Waals surface area contributed by atoms with E-state index in [9.17, 15) is 13.2 Å². The van der Waals surface area contributed by atoms with Crippen LogP contribution >= 0.6 is 0 Å². The maximum Gasteiger partial charge on any atom is 0.251 e. The molecule has 1 heterocycles. The highest BCUT2D eigenvalue weighted by Crippen LogP contribution is 2.20. The standard InChI is InChI=1S/C18H29N3O3S/c1-20(2)13-7-12-19-18(22)16-8-10-17(11-9-16)25(23,24)21-14-5-3-4-6-15-21/h8-11H,3-7,12-15H2,1-2H3,(H,19,22)/p+1. The van der Waals surface area contributed by atoms with Crippen LogP contribution in [0.25, 0.3) is 0 Å². The molecular formula is C18H30N3O3S+. The molecule has 6 nitrogen and oxygen atoms in total. The number of hydrogen-bond donors (Lipinski definition) is 2. The monoisotopic (exact) mass is 368 g/mol. The Morgan fingerprint density at radius 1 is 1.08 bits per heavy atom. The van der Waals surface area contributed by atoms with Crippen molar-refractivity contribution in [3.63, 3.8) is 0 Å². The normalized spacial score (nSPS) is 16.6. The van der Waals surface area contributed by atoms with Gasteiger partial charge in [0.25, 0.3) is 5.91 Å². The largest absolute Gasteiger partial charge is 0.352 e. The van der Waals surface area contributed by atoms with Crippen LogP contribution in [0.3, 0.4) is 0 Å². The van der Waals surface area contributed by atoms with E-state index in [4.69, 9.17) is 0 Å². The minimum Gasteiger partial charge on any atom is -0.352 e. The molecule has 25 heavy (non-hydrogen) atoms. The zero-order valence-corrected chi connectivity index (χ0v) is 16.1. The van der Waals surface area contributed by atoms with E-state index in [-0.39, 0.29) is 10.8 Å². The van der Waals surface area contributed by atoms with Crippen molar-refractivity contribution >= 4 is 15.9 Å². The number of carbonyl (C=O) groups is 1. The van der Waals surface area contributed by atoms with Crippen molar-refractivity contribution in [3.05, 3.63) is 29.8 Å². The first-order chi connectivity index (χ1) is 11.9. The van der Waals surface area contributed by atoms with Crippen molar-refractivity contribution in [2.45, 2.75) is 37.0 Å². The first kappa shape index (κ1) is 19.9. The second kappa shape index (κ2) is 9.31. The molecule has 2 N–H and O–H groups in total. The molecule has 140 valence electrons. The molecule has 1 aromatic rings. The molecule has 0 aromatic heterocycles. The molecule has 1 fully saturated rings. The summed E-state index contributed by atoms with van der Waals surface area (Å²) in [7, 11) is 0.690. The van der Waals surface area contributed by atoms with E-state index in [0.717, 1.165) is 38.6 Å². The third kappa shape index (κ3) is 5.80. The minimum absolute atomic E-state index is 0.160. The molecule has 0 atom stereocenters. The third-order valence-electron chi connectivity index (χ3n) is 4.46. The number of nitrogens with zero attached hydrogens (tertiary/aromatic N) is 1. The average molecular weight is 369 g/mol. The number of carbonyl (C=O) groups excluding carboxylic acids is 1. The molecule has 0 unspecified atom stereocenters. The zero-order chi connectivity index (χ0) is 18.3. The fourth-order valence-electron chi connectivity index (χ4n) is 2.96. The number of hydrogen-bond acceptors (Lipinski definition) is 3. The second-order valence-corrected chi connectivity index (χ2v) is 8.85. The van der Waals surface area contributed by atoms with E-state index < -0.39 is 10.0 Å². The van der Waals surface area contributed by atoms with Gasteiger partial charge in [-0.3, -0.25) is 4.79 Å². The summed E-state index contributed by atoms with van der Waals surface area (Å²) in [5.74, 6) is -0.160. The molecule has 1 saturated heterocycles. The van der Waals surface area contributed by atoms with Crippen LogP contribution in [0.4, 0.5) is 0 Å². The number of sulfonamides is 1. The van der Waals surface area contributed by atoms with E-state index in [1.807, 2.05) is 0 Å². The Labute approximate surface area is 151 Å². The lowest BCUT2D eigenvalue weighted by molar-refractivity contribution is -0.858. The summed E-state index contributed by atoms with van der Waals surface area (Å²) in [5.41, 5.74) is 0.493. The molecule has 2 rings (SSSR count). The van der Waals surface area contributed by atoms with Crippen molar-refractivity contribution in [3.8, 4) is 0 Å². The molecule has 1 amide bonds. The van der Waals surface area contributed by atoms with Crippen molar-refractivity contribution < 1.29 is 18.1 Å². The van der Waals surface area contributed by atoms with Gasteiger partial charge in [0.05, 0.1) is 25.5 Å². The predicted molar refractivity (Wildman–Crippen MR) is 98.3 cm³/mol. The summed E-state index contributed by atoms with van der Waals surface area (Å²) >= 11 is 0. The Kier molecular flexibility index (Phi) is 7.40. The average Bonchev–Trinajstić information content (AvgIpc) is 2.88. The molecule has 1 aromatic carbocycles. The summed E-state index contributed by atoms with van der Waals surface area (Å²) in [4.78, 5) is 13.7. The van der Waals surface area contributed by atoms with Crippen LogP contribution in [0.2, 0.25) is 0 Å². The van der Waals surface area contributed by atoms with Crippen LogP contribution < -0.4 is 10.2 Å². The van der Waals surface area contributed by atoms with Crippen LogP contribution in [-0.2, 0) is 10.0 Å². The maximum absolute atomic E-state index is 12.7. The van der Waals surface area contributed by atoms with Crippen LogP contribution in [0.5, 0.6) is 0 Å². The van der Waals surface area contributed by atoms with Gasteiger partial charge in [-0.2, -0.15) is 4.31 Å². The van der Waals surface area contributed by atoms with Gasteiger partial charge < -0.3 is 10.2 Å². The molecule has 1 aliphatic rings. The van der Waals surface area contributed by atoms with Crippen molar-refractivity contribution in [1.82, 2.24) is 9.62 Å². The summed E-state index contributed by atoms with van der Waals surface area (Å²) in [6.45, 7) is 2.78. The second-order valence-electron chi connectivity index (χ2n) is 6.91. The van der Waals surface area contributed by atoms with Crippen LogP contribution in [-0.4, -0.2) is 58.9 Å². The molecule has 0 radical (unpaired) electrons. The van der Waals surface area contributed by atoms with Crippen molar-refractivity contribution in [2.24, 2.45) is 0 Å². The van der Waals surface area contributed by atoms with Crippen LogP contribution in [0.1, 0.15) is 42.5 Å². The fraction of sp³-hybridized carbons (Fsp3) is 0.611. The Hall–Kier alpha value is -1.44. The lowest BCUT2D eigenvalue weighted by Crippen LogP contribution is -3.05. The van der Waals surface area contributed by atoms with Gasteiger partial charge in [-0.05, 0) is 37.1 Å². The van der Waals surface area contributed by atoms with Gasteiger partial charge in [0.1, 0.15) is 0 Å². The van der Waals surface area contributed by atoms with Gasteiger partial charge in [0, 0.05) is 31.6 Å². The van der Waals surface area contributed by atoms with E-state index in [1.54, 1.807) is 28.6 Å². The Morgan fingerprint density at radius 2 is 1.68 bits per heavy atom. The predicted octanol–water partition coefficient (Wildman–Crippen LogP) is 0.516. The summed E-state index contributed by atoms with van der Waals surface area (Å²) in [6, 6.07) is 6.27. The van der Waals surface area contributed by atoms with Crippen molar-refractivity contribution in [2.75, 3.05) is 40.3 Å². The molecule has 0 aliphatic carbocycles. The topological polar surface area (TPSA) is 70.9 Å². The van der Waals surface area contributed by atoms with Gasteiger partial charge in [0.2, 0.25) is 10.0 Å². The van der Waals surface area contributed by atoms with Gasteiger partial charge in [-0.25, -0.2) is 8.42 Å². The van der Waals surface area contributed by atoms with Crippen LogP contribution in [0, 0.1) is 0 Å². The molecule has 7 heteroatoms. The van der Waals surface area contributed by atoms with Gasteiger partial charge in [0.15, 0.2) is 0 Å². The summed E-state index contributed by atoms with van der Waals surface area (Å²) in [5, 5.41) is 2.87. The highest BCUT2D eigenvalue weighted by molar-refractivity contribution is 7.89. The molecule has 0 bridgehead atoms. The van der Waals surface area contributed by atoms with Crippen molar-refractivity contribution in [1.29, 1.82) is 0 Å². The quantitative estimate of drug-likeness (QED) is 0.689. The Bertz CT molecular complexity index is 649. The Balaban J connectivity index is 1.97. The third-order valence-corrected chi connectivity index (χ3v) is 6.37. The lowest BCUT2D eigenvalue weighted by Gasteiger charge is -2.20. The number of amides is 1. The van der Waals surface area contributed by atoms with E-state index in [2.05, 4.69) is 19.4 Å². The fourth-order valence-corrected chi connectivity index (χ4v) is 4.47. The van der Waals surface area contributed by atoms with Crippen LogP contribution in [0.15, 0.2) is 29.2 Å². The zero-order valence-electron chi connectivity index (χ0n) is 15.3. The SMILES string of the molecule is C[NH+](C)CCCNC(=O)c1ccc(S(=O)(=O)N2CCCCCC2)cc1. The first-order valence-electron chi connectivity index (χ1n) is 9.09. The number of rotatable bonds is 7. The van der Waals surface area contributed by atoms with E-state index in [0.29, 0.717) is 25.2 Å². The smallest absolute Gasteiger partial charge is 0.251 e. The number of quaternary nitrogens is 1. The maximum atomic E-state index is 12.7. The molecule has 1 aliphatic heterocycles. The first-order valence-corrected chi connectivity index (χ1v) is 10.5. The van der Waals surface area contributed by atoms with Gasteiger partial charge in [-0.1, -0.05) is 12.8 Å². The van der Waals surface area contributed by atoms with E-state index >= 15 is 0 Å².